The van der Waals surface area contributed by atoms with Gasteiger partial charge in [0.25, 0.3) is 0 Å². The van der Waals surface area contributed by atoms with Gasteiger partial charge < -0.3 is 9.30 Å². The molecule has 3 aromatic rings. The number of methoxy groups -OCH3 is 1. The minimum atomic E-state index is -0.0245. The monoisotopic (exact) mass is 309 g/mol. The average Bonchev–Trinajstić information content (AvgIpc) is 3.06. The molecule has 2 heterocycles. The SMILES string of the molecule is COc1ccccc1C(C)n1cc(-c2ccc(=O)n(C)c2)cn1. The summed E-state index contributed by atoms with van der Waals surface area (Å²) in [6, 6.07) is 11.4. The van der Waals surface area contributed by atoms with Crippen molar-refractivity contribution >= 4 is 0 Å². The fourth-order valence-corrected chi connectivity index (χ4v) is 2.62. The molecule has 0 aliphatic carbocycles. The van der Waals surface area contributed by atoms with E-state index in [-0.39, 0.29) is 11.6 Å². The zero-order chi connectivity index (χ0) is 16.4. The molecular formula is C18H19N3O2. The first-order valence-corrected chi connectivity index (χ1v) is 7.44. The maximum atomic E-state index is 11.5. The zero-order valence-electron chi connectivity index (χ0n) is 13.4. The van der Waals surface area contributed by atoms with Crippen LogP contribution >= 0.6 is 0 Å². The topological polar surface area (TPSA) is 49.0 Å². The van der Waals surface area contributed by atoms with E-state index in [4.69, 9.17) is 4.74 Å². The Labute approximate surface area is 134 Å². The largest absolute Gasteiger partial charge is 0.496 e. The van der Waals surface area contributed by atoms with Crippen LogP contribution in [0.25, 0.3) is 11.1 Å². The van der Waals surface area contributed by atoms with Crippen molar-refractivity contribution in [3.05, 3.63) is 70.9 Å². The second-order valence-electron chi connectivity index (χ2n) is 5.49. The molecule has 0 N–H and O–H groups in total. The van der Waals surface area contributed by atoms with E-state index < -0.39 is 0 Å². The summed E-state index contributed by atoms with van der Waals surface area (Å²) >= 11 is 0. The van der Waals surface area contributed by atoms with Crippen LogP contribution in [0, 0.1) is 0 Å². The van der Waals surface area contributed by atoms with Gasteiger partial charge in [0.05, 0.1) is 19.3 Å². The molecule has 0 saturated heterocycles. The van der Waals surface area contributed by atoms with Crippen molar-refractivity contribution in [1.82, 2.24) is 14.3 Å². The summed E-state index contributed by atoms with van der Waals surface area (Å²) in [7, 11) is 3.41. The Kier molecular flexibility index (Phi) is 4.02. The Balaban J connectivity index is 1.95. The summed E-state index contributed by atoms with van der Waals surface area (Å²) in [6.45, 7) is 2.08. The number of ether oxygens (including phenoxy) is 1. The fourth-order valence-electron chi connectivity index (χ4n) is 2.62. The van der Waals surface area contributed by atoms with Crippen LogP contribution in [0.5, 0.6) is 5.75 Å². The quantitative estimate of drug-likeness (QED) is 0.744. The lowest BCUT2D eigenvalue weighted by molar-refractivity contribution is 0.400. The maximum absolute atomic E-state index is 11.5. The molecule has 0 saturated carbocycles. The standard InChI is InChI=1S/C18H19N3O2/c1-13(16-6-4-5-7-17(16)23-3)21-12-15(10-19-21)14-8-9-18(22)20(2)11-14/h4-13H,1-3H3. The Morgan fingerprint density at radius 2 is 1.87 bits per heavy atom. The summed E-state index contributed by atoms with van der Waals surface area (Å²) in [5.41, 5.74) is 2.99. The van der Waals surface area contributed by atoms with Gasteiger partial charge in [-0.2, -0.15) is 5.10 Å². The van der Waals surface area contributed by atoms with Gasteiger partial charge in [-0.1, -0.05) is 18.2 Å². The van der Waals surface area contributed by atoms with Crippen LogP contribution in [0.15, 0.2) is 59.8 Å². The third-order valence-corrected chi connectivity index (χ3v) is 4.01. The van der Waals surface area contributed by atoms with Gasteiger partial charge in [0.2, 0.25) is 5.56 Å². The molecule has 0 aliphatic heterocycles. The van der Waals surface area contributed by atoms with E-state index in [0.717, 1.165) is 22.4 Å². The Bertz CT molecular complexity index is 880. The van der Waals surface area contributed by atoms with Crippen LogP contribution in [0.3, 0.4) is 0 Å². The molecular weight excluding hydrogens is 290 g/mol. The lowest BCUT2D eigenvalue weighted by atomic mass is 10.1. The van der Waals surface area contributed by atoms with E-state index in [1.807, 2.05) is 53.6 Å². The van der Waals surface area contributed by atoms with Crippen molar-refractivity contribution in [2.75, 3.05) is 7.11 Å². The van der Waals surface area contributed by atoms with Crippen molar-refractivity contribution in [2.24, 2.45) is 7.05 Å². The number of para-hydroxylation sites is 1. The summed E-state index contributed by atoms with van der Waals surface area (Å²) < 4.78 is 8.90. The fraction of sp³-hybridized carbons (Fsp3) is 0.222. The number of benzene rings is 1. The van der Waals surface area contributed by atoms with Crippen LogP contribution in [0.1, 0.15) is 18.5 Å². The molecule has 0 spiro atoms. The van der Waals surface area contributed by atoms with E-state index in [9.17, 15) is 4.79 Å². The van der Waals surface area contributed by atoms with Gasteiger partial charge in [-0.25, -0.2) is 0 Å². The average molecular weight is 309 g/mol. The van der Waals surface area contributed by atoms with Crippen molar-refractivity contribution in [2.45, 2.75) is 13.0 Å². The van der Waals surface area contributed by atoms with Crippen LogP contribution in [-0.2, 0) is 7.05 Å². The number of hydrogen-bond donors (Lipinski definition) is 0. The minimum Gasteiger partial charge on any atom is -0.496 e. The third kappa shape index (κ3) is 2.90. The molecule has 1 atom stereocenters. The molecule has 3 rings (SSSR count). The zero-order valence-corrected chi connectivity index (χ0v) is 13.4. The molecule has 0 fully saturated rings. The van der Waals surface area contributed by atoms with Crippen molar-refractivity contribution in [1.29, 1.82) is 0 Å². The number of nitrogens with zero attached hydrogens (tertiary/aromatic N) is 3. The molecule has 1 unspecified atom stereocenters. The predicted octanol–water partition coefficient (Wildman–Crippen LogP) is 2.87. The van der Waals surface area contributed by atoms with Gasteiger partial charge in [0.15, 0.2) is 0 Å². The van der Waals surface area contributed by atoms with Crippen LogP contribution in [0.2, 0.25) is 0 Å². The summed E-state index contributed by atoms with van der Waals surface area (Å²) in [4.78, 5) is 11.5. The lowest BCUT2D eigenvalue weighted by Crippen LogP contribution is -2.13. The molecule has 23 heavy (non-hydrogen) atoms. The van der Waals surface area contributed by atoms with Crippen LogP contribution in [0.4, 0.5) is 0 Å². The molecule has 5 nitrogen and oxygen atoms in total. The molecule has 0 radical (unpaired) electrons. The Morgan fingerprint density at radius 3 is 2.61 bits per heavy atom. The summed E-state index contributed by atoms with van der Waals surface area (Å²) in [5.74, 6) is 0.846. The van der Waals surface area contributed by atoms with E-state index in [2.05, 4.69) is 12.0 Å². The van der Waals surface area contributed by atoms with Crippen molar-refractivity contribution < 1.29 is 4.74 Å². The third-order valence-electron chi connectivity index (χ3n) is 4.01. The highest BCUT2D eigenvalue weighted by Gasteiger charge is 2.14. The first-order chi connectivity index (χ1) is 11.1. The molecule has 1 aromatic carbocycles. The van der Waals surface area contributed by atoms with Crippen LogP contribution in [-0.4, -0.2) is 21.5 Å². The van der Waals surface area contributed by atoms with Gasteiger partial charge >= 0.3 is 0 Å². The molecule has 118 valence electrons. The second-order valence-corrected chi connectivity index (χ2v) is 5.49. The molecule has 0 amide bonds. The smallest absolute Gasteiger partial charge is 0.250 e. The number of rotatable bonds is 4. The first kappa shape index (κ1) is 15.1. The molecule has 2 aromatic heterocycles. The van der Waals surface area contributed by atoms with Gasteiger partial charge in [-0.05, 0) is 19.1 Å². The number of aryl methyl sites for hydroxylation is 1. The molecule has 0 aliphatic rings. The van der Waals surface area contributed by atoms with Gasteiger partial charge in [0, 0.05) is 42.2 Å². The number of aromatic nitrogens is 3. The number of hydrogen-bond acceptors (Lipinski definition) is 3. The van der Waals surface area contributed by atoms with Crippen molar-refractivity contribution in [3.8, 4) is 16.9 Å². The molecule has 5 heteroatoms. The predicted molar refractivity (Wildman–Crippen MR) is 89.7 cm³/mol. The van der Waals surface area contributed by atoms with E-state index in [1.54, 1.807) is 24.8 Å². The summed E-state index contributed by atoms with van der Waals surface area (Å²) in [6.07, 6.45) is 5.61. The highest BCUT2D eigenvalue weighted by Crippen LogP contribution is 2.28. The van der Waals surface area contributed by atoms with Gasteiger partial charge in [0.1, 0.15) is 5.75 Å². The Morgan fingerprint density at radius 1 is 1.09 bits per heavy atom. The van der Waals surface area contributed by atoms with Crippen LogP contribution < -0.4 is 10.3 Å². The second kappa shape index (κ2) is 6.12. The summed E-state index contributed by atoms with van der Waals surface area (Å²) in [5, 5.41) is 4.47. The van der Waals surface area contributed by atoms with E-state index >= 15 is 0 Å². The van der Waals surface area contributed by atoms with E-state index in [1.165, 1.54) is 0 Å². The maximum Gasteiger partial charge on any atom is 0.250 e. The van der Waals surface area contributed by atoms with Crippen molar-refractivity contribution in [3.63, 3.8) is 0 Å². The highest BCUT2D eigenvalue weighted by atomic mass is 16.5. The molecule has 0 bridgehead atoms. The van der Waals surface area contributed by atoms with E-state index in [0.29, 0.717) is 0 Å². The first-order valence-electron chi connectivity index (χ1n) is 7.44. The van der Waals surface area contributed by atoms with Gasteiger partial charge in [-0.15, -0.1) is 0 Å². The lowest BCUT2D eigenvalue weighted by Gasteiger charge is -2.16. The minimum absolute atomic E-state index is 0.0245. The normalized spacial score (nSPS) is 12.1. The Hall–Kier alpha value is -2.82. The number of pyridine rings is 1. The van der Waals surface area contributed by atoms with Gasteiger partial charge in [-0.3, -0.25) is 9.48 Å². The highest BCUT2D eigenvalue weighted by molar-refractivity contribution is 5.60.